The van der Waals surface area contributed by atoms with Gasteiger partial charge in [-0.05, 0) is 23.6 Å². The highest BCUT2D eigenvalue weighted by Gasteiger charge is 2.28. The molecule has 1 heterocycles. The first-order valence-corrected chi connectivity index (χ1v) is 9.35. The van der Waals surface area contributed by atoms with Crippen LogP contribution in [-0.2, 0) is 6.42 Å². The van der Waals surface area contributed by atoms with E-state index in [9.17, 15) is 9.59 Å². The zero-order valence-electron chi connectivity index (χ0n) is 15.2. The smallest absolute Gasteiger partial charge is 0.272 e. The Bertz CT molecular complexity index is 1270. The SMILES string of the molecule is O=C1c2ccccc2-c2c(NCCc3ccccc3)c(=O)[nH]c3cccc1c23. The second-order valence-electron chi connectivity index (χ2n) is 6.97. The van der Waals surface area contributed by atoms with Gasteiger partial charge in [-0.1, -0.05) is 66.7 Å². The number of fused-ring (bicyclic) bond motifs is 2. The van der Waals surface area contributed by atoms with Crippen LogP contribution in [0, 0.1) is 0 Å². The fourth-order valence-electron chi connectivity index (χ4n) is 4.00. The van der Waals surface area contributed by atoms with Crippen LogP contribution in [-0.4, -0.2) is 17.3 Å². The number of H-pyrrole nitrogens is 1. The monoisotopic (exact) mass is 366 g/mol. The number of carbonyl (C=O) groups is 1. The minimum absolute atomic E-state index is 0.00372. The molecule has 2 N–H and O–H groups in total. The third kappa shape index (κ3) is 2.54. The topological polar surface area (TPSA) is 62.0 Å². The number of rotatable bonds is 4. The van der Waals surface area contributed by atoms with E-state index in [0.717, 1.165) is 22.9 Å². The second-order valence-corrected chi connectivity index (χ2v) is 6.97. The number of aromatic amines is 1. The summed E-state index contributed by atoms with van der Waals surface area (Å²) in [6, 6.07) is 23.1. The van der Waals surface area contributed by atoms with Gasteiger partial charge in [0.25, 0.3) is 5.56 Å². The minimum Gasteiger partial charge on any atom is -0.380 e. The lowest BCUT2D eigenvalue weighted by molar-refractivity contribution is 0.104. The Morgan fingerprint density at radius 1 is 0.750 bits per heavy atom. The molecule has 0 spiro atoms. The van der Waals surface area contributed by atoms with E-state index in [1.807, 2.05) is 60.7 Å². The van der Waals surface area contributed by atoms with Crippen molar-refractivity contribution >= 4 is 22.4 Å². The van der Waals surface area contributed by atoms with Gasteiger partial charge in [0.2, 0.25) is 0 Å². The van der Waals surface area contributed by atoms with Crippen molar-refractivity contribution in [2.45, 2.75) is 6.42 Å². The molecule has 28 heavy (non-hydrogen) atoms. The molecule has 4 nitrogen and oxygen atoms in total. The molecule has 0 fully saturated rings. The zero-order chi connectivity index (χ0) is 19.1. The van der Waals surface area contributed by atoms with Crippen LogP contribution in [0.2, 0.25) is 0 Å². The van der Waals surface area contributed by atoms with Gasteiger partial charge in [-0.25, -0.2) is 0 Å². The van der Waals surface area contributed by atoms with Crippen molar-refractivity contribution < 1.29 is 4.79 Å². The summed E-state index contributed by atoms with van der Waals surface area (Å²) in [5.74, 6) is -0.00372. The lowest BCUT2D eigenvalue weighted by Gasteiger charge is -2.22. The molecule has 3 aromatic carbocycles. The van der Waals surface area contributed by atoms with Crippen LogP contribution < -0.4 is 10.9 Å². The molecule has 4 heteroatoms. The molecule has 1 aliphatic carbocycles. The van der Waals surface area contributed by atoms with Crippen LogP contribution in [0.25, 0.3) is 22.0 Å². The predicted octanol–water partition coefficient (Wildman–Crippen LogP) is 4.39. The van der Waals surface area contributed by atoms with Gasteiger partial charge in [0, 0.05) is 34.1 Å². The number of benzene rings is 3. The Kier molecular flexibility index (Phi) is 3.83. The average Bonchev–Trinajstić information content (AvgIpc) is 2.73. The molecule has 0 bridgehead atoms. The van der Waals surface area contributed by atoms with Gasteiger partial charge < -0.3 is 10.3 Å². The summed E-state index contributed by atoms with van der Waals surface area (Å²) >= 11 is 0. The molecular weight excluding hydrogens is 348 g/mol. The van der Waals surface area contributed by atoms with Crippen molar-refractivity contribution in [1.29, 1.82) is 0 Å². The highest BCUT2D eigenvalue weighted by atomic mass is 16.1. The summed E-state index contributed by atoms with van der Waals surface area (Å²) < 4.78 is 0. The fourth-order valence-corrected chi connectivity index (χ4v) is 4.00. The van der Waals surface area contributed by atoms with Gasteiger partial charge in [0.15, 0.2) is 5.78 Å². The fraction of sp³-hybridized carbons (Fsp3) is 0.0833. The van der Waals surface area contributed by atoms with Crippen LogP contribution in [0.4, 0.5) is 5.69 Å². The highest BCUT2D eigenvalue weighted by Crippen LogP contribution is 2.41. The molecule has 0 radical (unpaired) electrons. The number of hydrogen-bond donors (Lipinski definition) is 2. The van der Waals surface area contributed by atoms with E-state index in [0.29, 0.717) is 28.9 Å². The Morgan fingerprint density at radius 2 is 1.46 bits per heavy atom. The molecule has 0 amide bonds. The standard InChI is InChI=1S/C24H18N2O2/c27-23-17-10-5-4-9-16(17)21-20-18(23)11-6-12-19(20)26-24(28)22(21)25-14-13-15-7-2-1-3-8-15/h1-12,25H,13-14H2,(H,26,28). The maximum Gasteiger partial charge on any atom is 0.272 e. The van der Waals surface area contributed by atoms with E-state index in [-0.39, 0.29) is 11.3 Å². The maximum atomic E-state index is 13.0. The molecule has 1 aliphatic rings. The van der Waals surface area contributed by atoms with Crippen molar-refractivity contribution in [1.82, 2.24) is 4.98 Å². The van der Waals surface area contributed by atoms with Gasteiger partial charge in [-0.3, -0.25) is 9.59 Å². The molecular formula is C24H18N2O2. The summed E-state index contributed by atoms with van der Waals surface area (Å²) in [4.78, 5) is 28.8. The molecule has 0 saturated carbocycles. The number of anilines is 1. The first-order chi connectivity index (χ1) is 13.7. The Morgan fingerprint density at radius 3 is 2.29 bits per heavy atom. The summed E-state index contributed by atoms with van der Waals surface area (Å²) in [5.41, 5.74) is 5.15. The Labute approximate surface area is 161 Å². The molecule has 5 rings (SSSR count). The number of ketones is 1. The van der Waals surface area contributed by atoms with Gasteiger partial charge in [-0.15, -0.1) is 0 Å². The number of aromatic nitrogens is 1. The third-order valence-electron chi connectivity index (χ3n) is 5.28. The Hall–Kier alpha value is -3.66. The van der Waals surface area contributed by atoms with Crippen molar-refractivity contribution in [2.24, 2.45) is 0 Å². The quantitative estimate of drug-likeness (QED) is 0.496. The first-order valence-electron chi connectivity index (χ1n) is 9.35. The molecule has 1 aromatic heterocycles. The number of hydrogen-bond acceptors (Lipinski definition) is 3. The van der Waals surface area contributed by atoms with Crippen LogP contribution in [0.3, 0.4) is 0 Å². The minimum atomic E-state index is -0.170. The predicted molar refractivity (Wildman–Crippen MR) is 112 cm³/mol. The summed E-state index contributed by atoms with van der Waals surface area (Å²) in [6.45, 7) is 0.629. The molecule has 0 unspecified atom stereocenters. The van der Waals surface area contributed by atoms with Crippen molar-refractivity contribution in [3.05, 3.63) is 99.8 Å². The molecule has 4 aromatic rings. The largest absolute Gasteiger partial charge is 0.380 e. The van der Waals surface area contributed by atoms with Crippen molar-refractivity contribution in [3.63, 3.8) is 0 Å². The first kappa shape index (κ1) is 16.5. The molecule has 0 atom stereocenters. The van der Waals surface area contributed by atoms with Gasteiger partial charge in [0.1, 0.15) is 5.69 Å². The van der Waals surface area contributed by atoms with E-state index in [2.05, 4.69) is 22.4 Å². The Balaban J connectivity index is 1.66. The third-order valence-corrected chi connectivity index (χ3v) is 5.28. The van der Waals surface area contributed by atoms with E-state index in [4.69, 9.17) is 0 Å². The van der Waals surface area contributed by atoms with E-state index >= 15 is 0 Å². The average molecular weight is 366 g/mol. The highest BCUT2D eigenvalue weighted by molar-refractivity contribution is 6.26. The van der Waals surface area contributed by atoms with Gasteiger partial charge in [0.05, 0.1) is 0 Å². The second kappa shape index (κ2) is 6.50. The van der Waals surface area contributed by atoms with Crippen LogP contribution in [0.15, 0.2) is 77.6 Å². The summed E-state index contributed by atoms with van der Waals surface area (Å²) in [6.07, 6.45) is 0.806. The van der Waals surface area contributed by atoms with E-state index in [1.165, 1.54) is 5.56 Å². The van der Waals surface area contributed by atoms with Crippen LogP contribution in [0.5, 0.6) is 0 Å². The van der Waals surface area contributed by atoms with Crippen molar-refractivity contribution in [3.8, 4) is 11.1 Å². The lowest BCUT2D eigenvalue weighted by Crippen LogP contribution is -2.21. The van der Waals surface area contributed by atoms with Gasteiger partial charge >= 0.3 is 0 Å². The van der Waals surface area contributed by atoms with E-state index in [1.54, 1.807) is 0 Å². The normalized spacial score (nSPS) is 12.1. The lowest BCUT2D eigenvalue weighted by atomic mass is 9.83. The van der Waals surface area contributed by atoms with Crippen LogP contribution >= 0.6 is 0 Å². The number of nitrogens with one attached hydrogen (secondary N) is 2. The molecule has 136 valence electrons. The number of pyridine rings is 1. The van der Waals surface area contributed by atoms with Crippen molar-refractivity contribution in [2.75, 3.05) is 11.9 Å². The number of carbonyl (C=O) groups excluding carboxylic acids is 1. The molecule has 0 saturated heterocycles. The van der Waals surface area contributed by atoms with Crippen LogP contribution in [0.1, 0.15) is 21.5 Å². The summed E-state index contributed by atoms with van der Waals surface area (Å²) in [5, 5.41) is 4.15. The zero-order valence-corrected chi connectivity index (χ0v) is 15.2. The molecule has 0 aliphatic heterocycles. The van der Waals surface area contributed by atoms with E-state index < -0.39 is 0 Å². The van der Waals surface area contributed by atoms with Gasteiger partial charge in [-0.2, -0.15) is 0 Å². The maximum absolute atomic E-state index is 13.0. The summed E-state index contributed by atoms with van der Waals surface area (Å²) in [7, 11) is 0.